The minimum absolute atomic E-state index is 0.155. The van der Waals surface area contributed by atoms with Gasteiger partial charge in [0.2, 0.25) is 5.43 Å². The zero-order valence-electron chi connectivity index (χ0n) is 21.5. The molecule has 2 amide bonds. The van der Waals surface area contributed by atoms with Crippen LogP contribution in [0.15, 0.2) is 47.4 Å². The maximum Gasteiger partial charge on any atom is 0.274 e. The van der Waals surface area contributed by atoms with E-state index < -0.39 is 58.4 Å². The quantitative estimate of drug-likeness (QED) is 0.534. The number of benzene rings is 2. The smallest absolute Gasteiger partial charge is 0.274 e. The van der Waals surface area contributed by atoms with E-state index in [9.17, 15) is 28.3 Å². The van der Waals surface area contributed by atoms with E-state index >= 15 is 0 Å². The Morgan fingerprint density at radius 3 is 2.64 bits per heavy atom. The SMILES string of the molecule is Cc1cc(F)c(CNC(=O)c2cn3c(c(O)c2=O)C(=O)N2C[C@@H]3[C@]3(CC[C@@H]2C)Cc2ccccc2O3)c(F)c1. The number of pyridine rings is 1. The third kappa shape index (κ3) is 3.88. The number of hydrogen-bond acceptors (Lipinski definition) is 5. The van der Waals surface area contributed by atoms with E-state index in [4.69, 9.17) is 4.74 Å². The van der Waals surface area contributed by atoms with Crippen molar-refractivity contribution in [2.24, 2.45) is 0 Å². The summed E-state index contributed by atoms with van der Waals surface area (Å²) >= 11 is 0. The van der Waals surface area contributed by atoms with Crippen LogP contribution in [0.1, 0.15) is 63.3 Å². The van der Waals surface area contributed by atoms with Crippen molar-refractivity contribution in [2.75, 3.05) is 6.54 Å². The van der Waals surface area contributed by atoms with Crippen molar-refractivity contribution >= 4 is 11.8 Å². The molecule has 0 radical (unpaired) electrons. The van der Waals surface area contributed by atoms with Crippen LogP contribution in [-0.4, -0.2) is 44.6 Å². The standard InChI is InChI=1S/C29H27F2N3O5/c1-15-9-20(30)18(21(31)10-15)12-32-27(37)19-13-34-23-14-33(28(38)24(34)26(36)25(19)35)16(2)7-8-29(23)11-17-5-3-4-6-22(17)39-29/h3-6,9-10,13,16,23,36H,7-8,11-12,14H2,1-2H3,(H,32,37)/t16-,23+,29-/m0/s1. The summed E-state index contributed by atoms with van der Waals surface area (Å²) in [6, 6.07) is 9.31. The van der Waals surface area contributed by atoms with Gasteiger partial charge in [-0.25, -0.2) is 8.78 Å². The summed E-state index contributed by atoms with van der Waals surface area (Å²) in [5.74, 6) is -3.17. The zero-order valence-corrected chi connectivity index (χ0v) is 21.5. The van der Waals surface area contributed by atoms with Crippen molar-refractivity contribution in [3.05, 3.63) is 92.4 Å². The summed E-state index contributed by atoms with van der Waals surface area (Å²) in [7, 11) is 0. The summed E-state index contributed by atoms with van der Waals surface area (Å²) in [5, 5.41) is 13.3. The van der Waals surface area contributed by atoms with E-state index in [0.29, 0.717) is 24.8 Å². The number of nitrogens with one attached hydrogen (secondary N) is 1. The van der Waals surface area contributed by atoms with E-state index in [-0.39, 0.29) is 23.8 Å². The lowest BCUT2D eigenvalue weighted by Crippen LogP contribution is -2.53. The van der Waals surface area contributed by atoms with Gasteiger partial charge in [0.1, 0.15) is 28.5 Å². The molecule has 8 nitrogen and oxygen atoms in total. The molecule has 3 aliphatic heterocycles. The Morgan fingerprint density at radius 2 is 1.92 bits per heavy atom. The highest BCUT2D eigenvalue weighted by Crippen LogP contribution is 2.48. The number of carbonyl (C=O) groups excluding carboxylic acids is 2. The highest BCUT2D eigenvalue weighted by atomic mass is 19.1. The molecular formula is C29H27F2N3O5. The fourth-order valence-electron chi connectivity index (χ4n) is 6.12. The molecule has 2 N–H and O–H groups in total. The van der Waals surface area contributed by atoms with E-state index in [2.05, 4.69) is 5.32 Å². The first-order valence-electron chi connectivity index (χ1n) is 12.9. The van der Waals surface area contributed by atoms with Crippen LogP contribution >= 0.6 is 0 Å². The van der Waals surface area contributed by atoms with Gasteiger partial charge in [-0.05, 0) is 56.0 Å². The Labute approximate surface area is 222 Å². The number of carbonyl (C=O) groups is 2. The van der Waals surface area contributed by atoms with Crippen molar-refractivity contribution in [1.29, 1.82) is 0 Å². The number of rotatable bonds is 3. The van der Waals surface area contributed by atoms with Crippen LogP contribution in [0.3, 0.4) is 0 Å². The minimum Gasteiger partial charge on any atom is -0.503 e. The van der Waals surface area contributed by atoms with Crippen LogP contribution < -0.4 is 15.5 Å². The van der Waals surface area contributed by atoms with Crippen LogP contribution in [0, 0.1) is 18.6 Å². The Kier molecular flexibility index (Phi) is 5.74. The van der Waals surface area contributed by atoms with E-state index in [1.165, 1.54) is 10.8 Å². The van der Waals surface area contributed by atoms with Crippen molar-refractivity contribution in [3.63, 3.8) is 0 Å². The van der Waals surface area contributed by atoms with Gasteiger partial charge in [-0.3, -0.25) is 14.4 Å². The van der Waals surface area contributed by atoms with Gasteiger partial charge in [0.15, 0.2) is 11.4 Å². The minimum atomic E-state index is -1.03. The second-order valence-electron chi connectivity index (χ2n) is 10.7. The number of fused-ring (bicyclic) bond motifs is 6. The zero-order chi connectivity index (χ0) is 27.6. The number of nitrogens with zero attached hydrogens (tertiary/aromatic N) is 2. The maximum atomic E-state index is 14.3. The van der Waals surface area contributed by atoms with Crippen molar-refractivity contribution in [1.82, 2.24) is 14.8 Å². The lowest BCUT2D eigenvalue weighted by Gasteiger charge is -2.42. The Bertz CT molecular complexity index is 1550. The van der Waals surface area contributed by atoms with Gasteiger partial charge in [-0.2, -0.15) is 0 Å². The second kappa shape index (κ2) is 8.93. The third-order valence-corrected chi connectivity index (χ3v) is 8.24. The summed E-state index contributed by atoms with van der Waals surface area (Å²) in [4.78, 5) is 41.3. The molecular weight excluding hydrogens is 508 g/mol. The molecule has 2 aromatic carbocycles. The number of aromatic hydroxyl groups is 1. The molecule has 1 spiro atoms. The topological polar surface area (TPSA) is 101 Å². The van der Waals surface area contributed by atoms with E-state index in [1.807, 2.05) is 31.2 Å². The van der Waals surface area contributed by atoms with Crippen molar-refractivity contribution < 1.29 is 28.2 Å². The molecule has 2 bridgehead atoms. The number of halogens is 2. The summed E-state index contributed by atoms with van der Waals surface area (Å²) in [6.07, 6.45) is 3.08. The second-order valence-corrected chi connectivity index (χ2v) is 10.7. The molecule has 6 rings (SSSR count). The van der Waals surface area contributed by atoms with Gasteiger partial charge < -0.3 is 24.6 Å². The lowest BCUT2D eigenvalue weighted by molar-refractivity contribution is 0.0148. The maximum absolute atomic E-state index is 14.3. The molecule has 3 aromatic rings. The molecule has 4 heterocycles. The number of aromatic nitrogens is 1. The van der Waals surface area contributed by atoms with E-state index in [0.717, 1.165) is 23.4 Å². The number of amides is 2. The molecule has 0 aliphatic carbocycles. The van der Waals surface area contributed by atoms with Gasteiger partial charge in [0.25, 0.3) is 11.8 Å². The van der Waals surface area contributed by atoms with Gasteiger partial charge in [-0.1, -0.05) is 18.2 Å². The summed E-state index contributed by atoms with van der Waals surface area (Å²) in [5.41, 5.74) is -1.39. The highest BCUT2D eigenvalue weighted by molar-refractivity contribution is 5.99. The average Bonchev–Trinajstić information content (AvgIpc) is 3.22. The molecule has 202 valence electrons. The van der Waals surface area contributed by atoms with Gasteiger partial charge in [0.05, 0.1) is 6.04 Å². The summed E-state index contributed by atoms with van der Waals surface area (Å²) < 4.78 is 36.7. The molecule has 1 saturated heterocycles. The molecule has 39 heavy (non-hydrogen) atoms. The molecule has 1 aromatic heterocycles. The molecule has 10 heteroatoms. The lowest BCUT2D eigenvalue weighted by atomic mass is 9.84. The van der Waals surface area contributed by atoms with Gasteiger partial charge >= 0.3 is 0 Å². The number of ether oxygens (including phenoxy) is 1. The van der Waals surface area contributed by atoms with Gasteiger partial charge in [0, 0.05) is 37.3 Å². The predicted octanol–water partition coefficient (Wildman–Crippen LogP) is 3.62. The molecule has 0 saturated carbocycles. The normalized spacial score (nSPS) is 23.2. The largest absolute Gasteiger partial charge is 0.503 e. The summed E-state index contributed by atoms with van der Waals surface area (Å²) in [6.45, 7) is 3.23. The molecule has 0 unspecified atom stereocenters. The predicted molar refractivity (Wildman–Crippen MR) is 137 cm³/mol. The molecule has 3 aliphatic rings. The fourth-order valence-corrected chi connectivity index (χ4v) is 6.12. The number of para-hydroxylation sites is 1. The Morgan fingerprint density at radius 1 is 1.21 bits per heavy atom. The number of aryl methyl sites for hydroxylation is 1. The fraction of sp³-hybridized carbons (Fsp3) is 0.345. The average molecular weight is 536 g/mol. The van der Waals surface area contributed by atoms with Crippen LogP contribution in [0.2, 0.25) is 0 Å². The van der Waals surface area contributed by atoms with Crippen molar-refractivity contribution in [2.45, 2.75) is 57.3 Å². The van der Waals surface area contributed by atoms with Crippen LogP contribution in [0.4, 0.5) is 8.78 Å². The van der Waals surface area contributed by atoms with E-state index in [1.54, 1.807) is 11.8 Å². The first-order chi connectivity index (χ1) is 18.6. The third-order valence-electron chi connectivity index (χ3n) is 8.24. The number of hydrogen-bond donors (Lipinski definition) is 2. The highest BCUT2D eigenvalue weighted by Gasteiger charge is 2.53. The Hall–Kier alpha value is -4.21. The van der Waals surface area contributed by atoms with Crippen molar-refractivity contribution in [3.8, 4) is 11.5 Å². The van der Waals surface area contributed by atoms with Crippen LogP contribution in [0.5, 0.6) is 11.5 Å². The molecule has 3 atom stereocenters. The monoisotopic (exact) mass is 535 g/mol. The Balaban J connectivity index is 1.41. The van der Waals surface area contributed by atoms with Gasteiger partial charge in [-0.15, -0.1) is 0 Å². The molecule has 1 fully saturated rings. The van der Waals surface area contributed by atoms with Crippen LogP contribution in [0.25, 0.3) is 0 Å². The first-order valence-corrected chi connectivity index (χ1v) is 12.9. The van der Waals surface area contributed by atoms with Crippen LogP contribution in [-0.2, 0) is 13.0 Å². The first kappa shape index (κ1) is 25.1.